The summed E-state index contributed by atoms with van der Waals surface area (Å²) in [5.74, 6) is 0.627. The van der Waals surface area contributed by atoms with Gasteiger partial charge in [-0.15, -0.1) is 0 Å². The van der Waals surface area contributed by atoms with Crippen LogP contribution in [0.25, 0.3) is 0 Å². The van der Waals surface area contributed by atoms with Gasteiger partial charge in [0.05, 0.1) is 10.4 Å². The molecule has 2 aromatic heterocycles. The van der Waals surface area contributed by atoms with E-state index in [2.05, 4.69) is 19.9 Å². The lowest BCUT2D eigenvalue weighted by molar-refractivity contribution is 0.215. The van der Waals surface area contributed by atoms with Crippen LogP contribution in [0, 0.1) is 0 Å². The first-order chi connectivity index (χ1) is 13.6. The van der Waals surface area contributed by atoms with E-state index in [0.717, 1.165) is 11.1 Å². The molecule has 5 rings (SSSR count). The average molecular weight is 393 g/mol. The smallest absolute Gasteiger partial charge is 0.244 e. The van der Waals surface area contributed by atoms with Crippen molar-refractivity contribution < 1.29 is 8.42 Å². The Kier molecular flexibility index (Phi) is 3.92. The Morgan fingerprint density at radius 1 is 1.00 bits per heavy atom. The lowest BCUT2D eigenvalue weighted by Crippen LogP contribution is -2.45. The van der Waals surface area contributed by atoms with Gasteiger partial charge in [0.25, 0.3) is 0 Å². The van der Waals surface area contributed by atoms with Crippen molar-refractivity contribution in [3.8, 4) is 0 Å². The molecule has 0 amide bonds. The largest absolute Gasteiger partial charge is 0.338 e. The van der Waals surface area contributed by atoms with Crippen LogP contribution in [-0.4, -0.2) is 40.8 Å². The van der Waals surface area contributed by atoms with Crippen LogP contribution in [0.5, 0.6) is 0 Å². The molecule has 0 bridgehead atoms. The number of nitrogens with zero attached hydrogens (tertiary/aromatic N) is 5. The maximum Gasteiger partial charge on any atom is 0.244 e. The number of hydrogen-bond acceptors (Lipinski definition) is 6. The first kappa shape index (κ1) is 17.3. The van der Waals surface area contributed by atoms with Gasteiger partial charge in [-0.2, -0.15) is 4.31 Å². The molecular formula is C20H19N5O2S. The average Bonchev–Trinajstić information content (AvgIpc) is 3.25. The molecule has 1 aromatic carbocycles. The van der Waals surface area contributed by atoms with Crippen LogP contribution >= 0.6 is 0 Å². The van der Waals surface area contributed by atoms with Crippen LogP contribution in [-0.2, 0) is 22.1 Å². The Labute approximate surface area is 163 Å². The zero-order valence-electron chi connectivity index (χ0n) is 15.1. The zero-order valence-corrected chi connectivity index (χ0v) is 16.0. The maximum absolute atomic E-state index is 13.4. The van der Waals surface area contributed by atoms with E-state index in [1.165, 1.54) is 0 Å². The van der Waals surface area contributed by atoms with Crippen molar-refractivity contribution in [2.75, 3.05) is 18.0 Å². The van der Waals surface area contributed by atoms with Gasteiger partial charge < -0.3 is 4.90 Å². The first-order valence-electron chi connectivity index (χ1n) is 9.14. The summed E-state index contributed by atoms with van der Waals surface area (Å²) in [6, 6.07) is 12.8. The van der Waals surface area contributed by atoms with Crippen LogP contribution < -0.4 is 4.90 Å². The minimum Gasteiger partial charge on any atom is -0.338 e. The third-order valence-corrected chi connectivity index (χ3v) is 7.54. The van der Waals surface area contributed by atoms with Gasteiger partial charge in [0.15, 0.2) is 0 Å². The van der Waals surface area contributed by atoms with E-state index in [9.17, 15) is 8.42 Å². The second-order valence-corrected chi connectivity index (χ2v) is 8.95. The number of anilines is 1. The van der Waals surface area contributed by atoms with Crippen molar-refractivity contribution in [1.82, 2.24) is 19.3 Å². The van der Waals surface area contributed by atoms with E-state index in [0.29, 0.717) is 30.4 Å². The predicted molar refractivity (Wildman–Crippen MR) is 104 cm³/mol. The number of fused-ring (bicyclic) bond motifs is 2. The van der Waals surface area contributed by atoms with E-state index in [1.54, 1.807) is 47.3 Å². The molecule has 142 valence electrons. The number of sulfonamides is 1. The normalized spacial score (nSPS) is 23.2. The maximum atomic E-state index is 13.4. The van der Waals surface area contributed by atoms with E-state index in [1.807, 2.05) is 24.3 Å². The van der Waals surface area contributed by atoms with Crippen molar-refractivity contribution >= 4 is 16.0 Å². The third-order valence-electron chi connectivity index (χ3n) is 5.57. The minimum absolute atomic E-state index is 0.286. The Balaban J connectivity index is 1.61. The highest BCUT2D eigenvalue weighted by Crippen LogP contribution is 2.50. The lowest BCUT2D eigenvalue weighted by atomic mass is 9.88. The quantitative estimate of drug-likeness (QED) is 0.679. The van der Waals surface area contributed by atoms with Crippen LogP contribution in [0.1, 0.15) is 17.5 Å². The summed E-state index contributed by atoms with van der Waals surface area (Å²) in [4.78, 5) is 15.3. The number of aromatic nitrogens is 3. The Hall–Kier alpha value is -2.84. The Bertz CT molecular complexity index is 1110. The molecule has 1 spiro atoms. The van der Waals surface area contributed by atoms with Gasteiger partial charge in [-0.1, -0.05) is 24.3 Å². The lowest BCUT2D eigenvalue weighted by Gasteiger charge is -2.34. The van der Waals surface area contributed by atoms with Crippen LogP contribution in [0.3, 0.4) is 0 Å². The molecule has 0 N–H and O–H groups in total. The molecule has 2 aliphatic rings. The summed E-state index contributed by atoms with van der Waals surface area (Å²) in [5, 5.41) is 0. The standard InChI is InChI=1S/C20H19N5O2S/c26-28(27)18-7-2-1-6-17(18)20(25(28)14-16-5-3-9-21-13-16)8-12-24(15-20)19-22-10-4-11-23-19/h1-7,9-11,13H,8,12,14-15H2. The van der Waals surface area contributed by atoms with E-state index < -0.39 is 15.6 Å². The molecule has 1 fully saturated rings. The fourth-order valence-electron chi connectivity index (χ4n) is 4.30. The van der Waals surface area contributed by atoms with Gasteiger partial charge in [-0.05, 0) is 35.7 Å². The van der Waals surface area contributed by atoms with E-state index in [-0.39, 0.29) is 6.54 Å². The predicted octanol–water partition coefficient (Wildman–Crippen LogP) is 2.18. The van der Waals surface area contributed by atoms with E-state index >= 15 is 0 Å². The number of benzene rings is 1. The highest BCUT2D eigenvalue weighted by molar-refractivity contribution is 7.89. The first-order valence-corrected chi connectivity index (χ1v) is 10.6. The van der Waals surface area contributed by atoms with Crippen molar-refractivity contribution in [1.29, 1.82) is 0 Å². The molecule has 4 heterocycles. The van der Waals surface area contributed by atoms with Crippen molar-refractivity contribution in [2.45, 2.75) is 23.4 Å². The summed E-state index contributed by atoms with van der Waals surface area (Å²) in [5.41, 5.74) is 1.09. The molecule has 7 nitrogen and oxygen atoms in total. The van der Waals surface area contributed by atoms with Crippen molar-refractivity contribution in [3.63, 3.8) is 0 Å². The molecule has 1 atom stereocenters. The highest BCUT2D eigenvalue weighted by atomic mass is 32.2. The van der Waals surface area contributed by atoms with Crippen LogP contribution in [0.2, 0.25) is 0 Å². The molecule has 2 aliphatic heterocycles. The van der Waals surface area contributed by atoms with Gasteiger partial charge in [0.2, 0.25) is 16.0 Å². The fraction of sp³-hybridized carbons (Fsp3) is 0.250. The van der Waals surface area contributed by atoms with Crippen LogP contribution in [0.4, 0.5) is 5.95 Å². The molecule has 8 heteroatoms. The SMILES string of the molecule is O=S1(=O)c2ccccc2C2(CCN(c3ncccn3)C2)N1Cc1cccnc1. The molecule has 0 radical (unpaired) electrons. The molecule has 0 aliphatic carbocycles. The van der Waals surface area contributed by atoms with Crippen molar-refractivity contribution in [2.24, 2.45) is 0 Å². The van der Waals surface area contributed by atoms with Crippen molar-refractivity contribution in [3.05, 3.63) is 78.4 Å². The van der Waals surface area contributed by atoms with Gasteiger partial charge in [-0.3, -0.25) is 4.98 Å². The van der Waals surface area contributed by atoms with Gasteiger partial charge >= 0.3 is 0 Å². The molecule has 0 saturated carbocycles. The minimum atomic E-state index is -3.60. The zero-order chi connectivity index (χ0) is 19.2. The summed E-state index contributed by atoms with van der Waals surface area (Å²) in [6.07, 6.45) is 7.51. The monoisotopic (exact) mass is 393 g/mol. The second-order valence-electron chi connectivity index (χ2n) is 7.12. The van der Waals surface area contributed by atoms with Gasteiger partial charge in [-0.25, -0.2) is 18.4 Å². The topological polar surface area (TPSA) is 79.3 Å². The summed E-state index contributed by atoms with van der Waals surface area (Å²) >= 11 is 0. The molecule has 1 unspecified atom stereocenters. The number of pyridine rings is 1. The number of rotatable bonds is 3. The molecular weight excluding hydrogens is 374 g/mol. The van der Waals surface area contributed by atoms with Gasteiger partial charge in [0, 0.05) is 44.4 Å². The van der Waals surface area contributed by atoms with E-state index in [4.69, 9.17) is 0 Å². The van der Waals surface area contributed by atoms with Crippen LogP contribution in [0.15, 0.2) is 72.1 Å². The highest BCUT2D eigenvalue weighted by Gasteiger charge is 2.57. The van der Waals surface area contributed by atoms with Gasteiger partial charge in [0.1, 0.15) is 0 Å². The molecule has 3 aromatic rings. The summed E-state index contributed by atoms with van der Waals surface area (Å²) in [6.45, 7) is 1.50. The fourth-order valence-corrected chi connectivity index (χ4v) is 6.35. The third kappa shape index (κ3) is 2.52. The Morgan fingerprint density at radius 3 is 2.61 bits per heavy atom. The second kappa shape index (κ2) is 6.35. The summed E-state index contributed by atoms with van der Waals surface area (Å²) in [7, 11) is -3.60. The summed E-state index contributed by atoms with van der Waals surface area (Å²) < 4.78 is 28.5. The Morgan fingerprint density at radius 2 is 1.82 bits per heavy atom. The molecule has 28 heavy (non-hydrogen) atoms. The number of hydrogen-bond donors (Lipinski definition) is 0. The molecule has 1 saturated heterocycles.